The fourth-order valence-electron chi connectivity index (χ4n) is 3.10. The number of carbonyl (C=O) groups excluding carboxylic acids is 1. The van der Waals surface area contributed by atoms with Gasteiger partial charge in [-0.05, 0) is 37.6 Å². The van der Waals surface area contributed by atoms with Gasteiger partial charge in [0, 0.05) is 13.1 Å². The third-order valence-corrected chi connectivity index (χ3v) is 4.42. The zero-order valence-electron chi connectivity index (χ0n) is 11.1. The van der Waals surface area contributed by atoms with Crippen molar-refractivity contribution < 1.29 is 4.79 Å². The van der Waals surface area contributed by atoms with Crippen LogP contribution >= 0.6 is 0 Å². The van der Waals surface area contributed by atoms with Crippen LogP contribution in [-0.4, -0.2) is 25.5 Å². The summed E-state index contributed by atoms with van der Waals surface area (Å²) in [6.07, 6.45) is 8.77. The second-order valence-electron chi connectivity index (χ2n) is 6.13. The number of amides is 1. The van der Waals surface area contributed by atoms with E-state index < -0.39 is 0 Å². The molecule has 3 nitrogen and oxygen atoms in total. The fraction of sp³-hybridized carbons (Fsp3) is 0.929. The van der Waals surface area contributed by atoms with Crippen molar-refractivity contribution >= 4 is 5.91 Å². The molecule has 0 aromatic heterocycles. The van der Waals surface area contributed by atoms with E-state index in [9.17, 15) is 4.79 Å². The van der Waals surface area contributed by atoms with Crippen molar-refractivity contribution in [1.29, 1.82) is 0 Å². The molecule has 2 aliphatic rings. The van der Waals surface area contributed by atoms with Crippen molar-refractivity contribution in [1.82, 2.24) is 10.6 Å². The third-order valence-electron chi connectivity index (χ3n) is 4.42. The lowest BCUT2D eigenvalue weighted by atomic mass is 9.75. The summed E-state index contributed by atoms with van der Waals surface area (Å²) in [6.45, 7) is 5.14. The maximum Gasteiger partial charge on any atom is 0.224 e. The summed E-state index contributed by atoms with van der Waals surface area (Å²) in [7, 11) is 0. The second-order valence-corrected chi connectivity index (χ2v) is 6.13. The van der Waals surface area contributed by atoms with Crippen LogP contribution in [0.15, 0.2) is 0 Å². The Kier molecular flexibility index (Phi) is 4.43. The Morgan fingerprint density at radius 3 is 2.71 bits per heavy atom. The van der Waals surface area contributed by atoms with Gasteiger partial charge in [-0.25, -0.2) is 0 Å². The quantitative estimate of drug-likeness (QED) is 0.790. The molecule has 0 aromatic rings. The molecule has 0 unspecified atom stereocenters. The summed E-state index contributed by atoms with van der Waals surface area (Å²) in [5.41, 5.74) is 0.357. The van der Waals surface area contributed by atoms with E-state index in [0.29, 0.717) is 5.41 Å². The molecule has 1 aliphatic carbocycles. The summed E-state index contributed by atoms with van der Waals surface area (Å²) < 4.78 is 0. The number of hydrogen-bond donors (Lipinski definition) is 2. The molecule has 2 rings (SSSR count). The minimum atomic E-state index is 0.205. The van der Waals surface area contributed by atoms with Gasteiger partial charge in [0.05, 0.1) is 5.92 Å². The van der Waals surface area contributed by atoms with E-state index in [2.05, 4.69) is 17.6 Å². The van der Waals surface area contributed by atoms with Crippen molar-refractivity contribution in [2.75, 3.05) is 19.6 Å². The van der Waals surface area contributed by atoms with E-state index in [1.54, 1.807) is 0 Å². The van der Waals surface area contributed by atoms with E-state index in [0.717, 1.165) is 32.5 Å². The van der Waals surface area contributed by atoms with Crippen molar-refractivity contribution in [2.45, 2.75) is 51.9 Å². The second kappa shape index (κ2) is 5.85. The standard InChI is InChI=1S/C14H26N2O/c1-14(7-3-2-4-8-14)11-16-13(17)12-6-5-9-15-10-12/h12,15H,2-11H2,1H3,(H,16,17)/t12-/m1/s1. The average Bonchev–Trinajstić information content (AvgIpc) is 2.38. The minimum Gasteiger partial charge on any atom is -0.355 e. The highest BCUT2D eigenvalue weighted by molar-refractivity contribution is 5.79. The number of hydrogen-bond acceptors (Lipinski definition) is 2. The third kappa shape index (κ3) is 3.70. The summed E-state index contributed by atoms with van der Waals surface area (Å²) in [5, 5.41) is 6.49. The van der Waals surface area contributed by atoms with Crippen LogP contribution in [0.25, 0.3) is 0 Å². The molecule has 3 heteroatoms. The van der Waals surface area contributed by atoms with Crippen molar-refractivity contribution in [3.05, 3.63) is 0 Å². The lowest BCUT2D eigenvalue weighted by Crippen LogP contribution is -2.44. The smallest absolute Gasteiger partial charge is 0.224 e. The maximum absolute atomic E-state index is 12.0. The first-order chi connectivity index (χ1) is 8.20. The lowest BCUT2D eigenvalue weighted by Gasteiger charge is -2.34. The molecule has 98 valence electrons. The van der Waals surface area contributed by atoms with Gasteiger partial charge in [0.15, 0.2) is 0 Å². The normalized spacial score (nSPS) is 28.6. The molecule has 0 aromatic carbocycles. The van der Waals surface area contributed by atoms with Crippen LogP contribution in [0.1, 0.15) is 51.9 Å². The first-order valence-corrected chi connectivity index (χ1v) is 7.18. The summed E-state index contributed by atoms with van der Waals surface area (Å²) in [5.74, 6) is 0.472. The van der Waals surface area contributed by atoms with Crippen molar-refractivity contribution in [3.63, 3.8) is 0 Å². The highest BCUT2D eigenvalue weighted by Gasteiger charge is 2.28. The van der Waals surface area contributed by atoms with Crippen LogP contribution in [-0.2, 0) is 4.79 Å². The van der Waals surface area contributed by atoms with Gasteiger partial charge in [-0.15, -0.1) is 0 Å². The average molecular weight is 238 g/mol. The van der Waals surface area contributed by atoms with E-state index >= 15 is 0 Å². The number of carbonyl (C=O) groups is 1. The van der Waals surface area contributed by atoms with E-state index in [4.69, 9.17) is 0 Å². The fourth-order valence-corrected chi connectivity index (χ4v) is 3.10. The molecule has 1 atom stereocenters. The Bertz CT molecular complexity index is 253. The Labute approximate surface area is 105 Å². The molecule has 2 N–H and O–H groups in total. The molecular formula is C14H26N2O. The number of rotatable bonds is 3. The zero-order valence-corrected chi connectivity index (χ0v) is 11.1. The molecule has 17 heavy (non-hydrogen) atoms. The predicted molar refractivity (Wildman–Crippen MR) is 69.8 cm³/mol. The van der Waals surface area contributed by atoms with Gasteiger partial charge in [0.25, 0.3) is 0 Å². The summed E-state index contributed by atoms with van der Waals surface area (Å²) in [4.78, 5) is 12.0. The molecule has 1 saturated carbocycles. The Balaban J connectivity index is 1.74. The molecule has 0 radical (unpaired) electrons. The Morgan fingerprint density at radius 2 is 2.06 bits per heavy atom. The van der Waals surface area contributed by atoms with Gasteiger partial charge < -0.3 is 10.6 Å². The van der Waals surface area contributed by atoms with Crippen molar-refractivity contribution in [3.8, 4) is 0 Å². The zero-order chi connectivity index (χ0) is 12.1. The molecular weight excluding hydrogens is 212 g/mol. The first-order valence-electron chi connectivity index (χ1n) is 7.18. The van der Waals surface area contributed by atoms with Crippen LogP contribution < -0.4 is 10.6 Å². The maximum atomic E-state index is 12.0. The SMILES string of the molecule is CC1(CNC(=O)[C@@H]2CCCNC2)CCCCC1. The topological polar surface area (TPSA) is 41.1 Å². The van der Waals surface area contributed by atoms with Crippen LogP contribution in [0.5, 0.6) is 0 Å². The molecule has 0 bridgehead atoms. The summed E-state index contributed by atoms with van der Waals surface area (Å²) in [6, 6.07) is 0. The monoisotopic (exact) mass is 238 g/mol. The molecule has 1 aliphatic heterocycles. The van der Waals surface area contributed by atoms with Crippen LogP contribution in [0.4, 0.5) is 0 Å². The van der Waals surface area contributed by atoms with Gasteiger partial charge in [0.1, 0.15) is 0 Å². The van der Waals surface area contributed by atoms with Crippen LogP contribution in [0.2, 0.25) is 0 Å². The highest BCUT2D eigenvalue weighted by atomic mass is 16.1. The van der Waals surface area contributed by atoms with Gasteiger partial charge in [0.2, 0.25) is 5.91 Å². The molecule has 1 amide bonds. The highest BCUT2D eigenvalue weighted by Crippen LogP contribution is 2.34. The van der Waals surface area contributed by atoms with Crippen LogP contribution in [0.3, 0.4) is 0 Å². The molecule has 1 heterocycles. The largest absolute Gasteiger partial charge is 0.355 e. The molecule has 1 saturated heterocycles. The number of nitrogens with one attached hydrogen (secondary N) is 2. The van der Waals surface area contributed by atoms with Gasteiger partial charge >= 0.3 is 0 Å². The summed E-state index contributed by atoms with van der Waals surface area (Å²) >= 11 is 0. The van der Waals surface area contributed by atoms with E-state index in [-0.39, 0.29) is 11.8 Å². The van der Waals surface area contributed by atoms with E-state index in [1.165, 1.54) is 32.1 Å². The number of piperidine rings is 1. The molecule has 2 fully saturated rings. The van der Waals surface area contributed by atoms with Gasteiger partial charge in [-0.2, -0.15) is 0 Å². The Morgan fingerprint density at radius 1 is 1.29 bits per heavy atom. The lowest BCUT2D eigenvalue weighted by molar-refractivity contribution is -0.126. The molecule has 0 spiro atoms. The predicted octanol–water partition coefficient (Wildman–Crippen LogP) is 2.07. The van der Waals surface area contributed by atoms with Gasteiger partial charge in [-0.1, -0.05) is 26.2 Å². The minimum absolute atomic E-state index is 0.205. The van der Waals surface area contributed by atoms with E-state index in [1.807, 2.05) is 0 Å². The van der Waals surface area contributed by atoms with Crippen LogP contribution in [0, 0.1) is 11.3 Å². The first kappa shape index (κ1) is 12.9. The van der Waals surface area contributed by atoms with Crippen molar-refractivity contribution in [2.24, 2.45) is 11.3 Å². The Hall–Kier alpha value is -0.570. The van der Waals surface area contributed by atoms with Gasteiger partial charge in [-0.3, -0.25) is 4.79 Å².